The summed E-state index contributed by atoms with van der Waals surface area (Å²) in [6, 6.07) is 0. The number of hydrogen-bond donors (Lipinski definition) is 2. The zero-order chi connectivity index (χ0) is 6.57. The van der Waals surface area contributed by atoms with Crippen molar-refractivity contribution in [2.45, 2.75) is 6.92 Å². The van der Waals surface area contributed by atoms with Crippen molar-refractivity contribution in [3.05, 3.63) is 12.3 Å². The van der Waals surface area contributed by atoms with Gasteiger partial charge in [-0.05, 0) is 6.92 Å². The van der Waals surface area contributed by atoms with Crippen LogP contribution in [0, 0.1) is 5.41 Å². The van der Waals surface area contributed by atoms with Gasteiger partial charge in [-0.2, -0.15) is 0 Å². The molecule has 0 aliphatic carbocycles. The van der Waals surface area contributed by atoms with Crippen molar-refractivity contribution in [2.24, 2.45) is 0 Å². The fourth-order valence-corrected chi connectivity index (χ4v) is 0.604. The van der Waals surface area contributed by atoms with Crippen molar-refractivity contribution in [3.8, 4) is 0 Å². The van der Waals surface area contributed by atoms with Gasteiger partial charge >= 0.3 is 0 Å². The number of rotatable bonds is 3. The van der Waals surface area contributed by atoms with E-state index in [0.29, 0.717) is 5.70 Å². The van der Waals surface area contributed by atoms with Gasteiger partial charge in [0.1, 0.15) is 11.4 Å². The molecular formula is C4H8N2OS. The molecule has 0 radical (unpaired) electrons. The minimum atomic E-state index is -1.36. The summed E-state index contributed by atoms with van der Waals surface area (Å²) >= 11 is -1.36. The van der Waals surface area contributed by atoms with Crippen molar-refractivity contribution >= 4 is 16.9 Å². The summed E-state index contributed by atoms with van der Waals surface area (Å²) in [6.45, 7) is 5.12. The molecular weight excluding hydrogens is 124 g/mol. The Morgan fingerprint density at radius 3 is 2.62 bits per heavy atom. The zero-order valence-electron chi connectivity index (χ0n) is 4.60. The summed E-state index contributed by atoms with van der Waals surface area (Å²) in [4.78, 5) is 0. The molecule has 1 unspecified atom stereocenters. The van der Waals surface area contributed by atoms with Gasteiger partial charge in [-0.1, -0.05) is 6.58 Å². The first kappa shape index (κ1) is 7.52. The van der Waals surface area contributed by atoms with Crippen LogP contribution in [0.5, 0.6) is 0 Å². The number of nitrogens with one attached hydrogen (secondary N) is 2. The van der Waals surface area contributed by atoms with Gasteiger partial charge in [0.25, 0.3) is 0 Å². The van der Waals surface area contributed by atoms with Crippen LogP contribution in [0.25, 0.3) is 0 Å². The molecule has 0 aromatic rings. The van der Waals surface area contributed by atoms with Crippen LogP contribution in [0.1, 0.15) is 6.92 Å². The standard InChI is InChI=1S/C4H8N2OS/c1-4(2)6-8(7)3-5/h3,5-6H,1H2,2H3. The van der Waals surface area contributed by atoms with Gasteiger partial charge in [0.05, 0.1) is 0 Å². The van der Waals surface area contributed by atoms with Gasteiger partial charge in [-0.25, -0.2) is 4.72 Å². The Morgan fingerprint density at radius 2 is 2.50 bits per heavy atom. The van der Waals surface area contributed by atoms with Gasteiger partial charge in [-0.15, -0.1) is 0 Å². The lowest BCUT2D eigenvalue weighted by molar-refractivity contribution is 0.600. The van der Waals surface area contributed by atoms with Gasteiger partial charge in [0.15, 0.2) is 0 Å². The Kier molecular flexibility index (Phi) is 3.30. The third kappa shape index (κ3) is 3.70. The minimum Gasteiger partial charge on any atom is -0.587 e. The van der Waals surface area contributed by atoms with Crippen molar-refractivity contribution in [1.29, 1.82) is 5.41 Å². The lowest BCUT2D eigenvalue weighted by Gasteiger charge is -2.03. The first-order chi connectivity index (χ1) is 3.66. The molecule has 0 aromatic carbocycles. The van der Waals surface area contributed by atoms with Crippen molar-refractivity contribution in [1.82, 2.24) is 4.72 Å². The molecule has 2 N–H and O–H groups in total. The highest BCUT2D eigenvalue weighted by atomic mass is 32.2. The highest BCUT2D eigenvalue weighted by Gasteiger charge is 1.96. The molecule has 0 rings (SSSR count). The maximum atomic E-state index is 10.3. The summed E-state index contributed by atoms with van der Waals surface area (Å²) < 4.78 is 12.7. The normalized spacial score (nSPS) is 12.2. The zero-order valence-corrected chi connectivity index (χ0v) is 5.42. The lowest BCUT2D eigenvalue weighted by atomic mass is 10.6. The second-order valence-corrected chi connectivity index (χ2v) is 2.33. The summed E-state index contributed by atoms with van der Waals surface area (Å²) in [6.07, 6.45) is 0. The van der Waals surface area contributed by atoms with Crippen LogP contribution in [-0.2, 0) is 11.4 Å². The minimum absolute atomic E-state index is 0.604. The van der Waals surface area contributed by atoms with Crippen LogP contribution in [-0.4, -0.2) is 10.1 Å². The molecule has 0 aromatic heterocycles. The Morgan fingerprint density at radius 1 is 2.00 bits per heavy atom. The molecule has 0 saturated carbocycles. The molecule has 0 aliphatic heterocycles. The molecule has 4 heteroatoms. The monoisotopic (exact) mass is 132 g/mol. The van der Waals surface area contributed by atoms with Crippen LogP contribution in [0.15, 0.2) is 12.3 Å². The lowest BCUT2D eigenvalue weighted by Crippen LogP contribution is -2.21. The SMILES string of the molecule is C=C(C)N[S+]([O-])C=N. The average molecular weight is 132 g/mol. The maximum absolute atomic E-state index is 10.3. The summed E-state index contributed by atoms with van der Waals surface area (Å²) in [7, 11) is 0. The Balaban J connectivity index is 3.38. The van der Waals surface area contributed by atoms with E-state index in [2.05, 4.69) is 11.3 Å². The van der Waals surface area contributed by atoms with Gasteiger partial charge < -0.3 is 4.55 Å². The summed E-state index contributed by atoms with van der Waals surface area (Å²) in [5, 5.41) is 6.47. The molecule has 0 amide bonds. The molecule has 46 valence electrons. The van der Waals surface area contributed by atoms with E-state index in [1.807, 2.05) is 0 Å². The predicted octanol–water partition coefficient (Wildman–Crippen LogP) is 0.380. The largest absolute Gasteiger partial charge is 0.587 e. The summed E-state index contributed by atoms with van der Waals surface area (Å²) in [5.41, 5.74) is 1.42. The van der Waals surface area contributed by atoms with E-state index in [1.54, 1.807) is 6.92 Å². The fourth-order valence-electron chi connectivity index (χ4n) is 0.201. The molecule has 0 spiro atoms. The van der Waals surface area contributed by atoms with Gasteiger partial charge in [0, 0.05) is 5.70 Å². The molecule has 0 saturated heterocycles. The second kappa shape index (κ2) is 3.51. The first-order valence-corrected chi connectivity index (χ1v) is 3.21. The molecule has 0 aliphatic rings. The van der Waals surface area contributed by atoms with Crippen molar-refractivity contribution in [2.75, 3.05) is 0 Å². The Hall–Kier alpha value is -0.480. The highest BCUT2D eigenvalue weighted by molar-refractivity contribution is 8.02. The van der Waals surface area contributed by atoms with E-state index in [9.17, 15) is 4.55 Å². The van der Waals surface area contributed by atoms with E-state index in [-0.39, 0.29) is 0 Å². The maximum Gasteiger partial charge on any atom is 0.227 e. The molecule has 3 nitrogen and oxygen atoms in total. The number of allylic oxidation sites excluding steroid dienone is 1. The van der Waals surface area contributed by atoms with Crippen LogP contribution in [0.4, 0.5) is 0 Å². The average Bonchev–Trinajstić information content (AvgIpc) is 1.65. The van der Waals surface area contributed by atoms with E-state index >= 15 is 0 Å². The van der Waals surface area contributed by atoms with Crippen molar-refractivity contribution in [3.63, 3.8) is 0 Å². The molecule has 0 heterocycles. The van der Waals surface area contributed by atoms with Crippen LogP contribution in [0.2, 0.25) is 0 Å². The fraction of sp³-hybridized carbons (Fsp3) is 0.250. The Bertz CT molecular complexity index is 104. The first-order valence-electron chi connectivity index (χ1n) is 2.00. The molecule has 0 fully saturated rings. The Labute approximate surface area is 51.6 Å². The summed E-state index contributed by atoms with van der Waals surface area (Å²) in [5.74, 6) is 0. The molecule has 1 atom stereocenters. The van der Waals surface area contributed by atoms with Crippen LogP contribution in [0.3, 0.4) is 0 Å². The predicted molar refractivity (Wildman–Crippen MR) is 34.9 cm³/mol. The highest BCUT2D eigenvalue weighted by Crippen LogP contribution is 1.83. The van der Waals surface area contributed by atoms with Gasteiger partial charge in [0.2, 0.25) is 5.55 Å². The third-order valence-electron chi connectivity index (χ3n) is 0.382. The topological polar surface area (TPSA) is 58.9 Å². The van der Waals surface area contributed by atoms with Crippen LogP contribution >= 0.6 is 0 Å². The quantitative estimate of drug-likeness (QED) is 0.331. The van der Waals surface area contributed by atoms with Gasteiger partial charge in [-0.3, -0.25) is 5.41 Å². The molecule has 0 bridgehead atoms. The smallest absolute Gasteiger partial charge is 0.227 e. The second-order valence-electron chi connectivity index (χ2n) is 1.30. The van der Waals surface area contributed by atoms with E-state index < -0.39 is 11.4 Å². The van der Waals surface area contributed by atoms with Crippen LogP contribution < -0.4 is 4.72 Å². The number of hydrogen-bond acceptors (Lipinski definition) is 3. The third-order valence-corrected chi connectivity index (χ3v) is 1.15. The van der Waals surface area contributed by atoms with E-state index in [0.717, 1.165) is 5.55 Å². The van der Waals surface area contributed by atoms with E-state index in [4.69, 9.17) is 5.41 Å². The molecule has 8 heavy (non-hydrogen) atoms. The van der Waals surface area contributed by atoms with Crippen molar-refractivity contribution < 1.29 is 4.55 Å². The van der Waals surface area contributed by atoms with E-state index in [1.165, 1.54) is 0 Å².